The van der Waals surface area contributed by atoms with Crippen LogP contribution in [-0.4, -0.2) is 27.6 Å². The first kappa shape index (κ1) is 13.4. The molecule has 1 rings (SSSR count). The quantitative estimate of drug-likeness (QED) is 0.790. The van der Waals surface area contributed by atoms with Crippen molar-refractivity contribution in [2.24, 2.45) is 0 Å². The second-order valence-corrected chi connectivity index (χ2v) is 2.47. The van der Waals surface area contributed by atoms with E-state index in [9.17, 15) is 4.79 Å². The molecule has 1 heterocycles. The van der Waals surface area contributed by atoms with Crippen LogP contribution in [0.3, 0.4) is 0 Å². The summed E-state index contributed by atoms with van der Waals surface area (Å²) in [6.07, 6.45) is 2.42. The molecule has 0 atom stereocenters. The molecule has 0 bridgehead atoms. The summed E-state index contributed by atoms with van der Waals surface area (Å²) in [4.78, 5) is 18.2. The molecular weight excluding hydrogens is 194 g/mol. The van der Waals surface area contributed by atoms with Gasteiger partial charge in [0.05, 0.1) is 0 Å². The van der Waals surface area contributed by atoms with Crippen LogP contribution in [0.25, 0.3) is 0 Å². The van der Waals surface area contributed by atoms with E-state index in [1.165, 1.54) is 0 Å². The highest BCUT2D eigenvalue weighted by molar-refractivity contribution is 5.71. The molecule has 0 spiro atoms. The summed E-state index contributed by atoms with van der Waals surface area (Å²) in [6, 6.07) is 1.80. The lowest BCUT2D eigenvalue weighted by molar-refractivity contribution is -0.134. The van der Waals surface area contributed by atoms with Gasteiger partial charge in [0.1, 0.15) is 6.54 Å². The number of anilines is 1. The molecule has 0 fully saturated rings. The number of nitrogens with zero attached hydrogens (tertiary/aromatic N) is 2. The standard InChI is InChI=1S/C8H11N3O2.C2H6/c1-2-6-3-4-9-8(11-6)10-5-7(12)13;1-2/h3-4H,2,5H2,1H3,(H,12,13)(H,9,10,11);1-2H3. The topological polar surface area (TPSA) is 75.1 Å². The summed E-state index contributed by atoms with van der Waals surface area (Å²) in [5, 5.41) is 11.0. The predicted molar refractivity (Wildman–Crippen MR) is 58.9 cm³/mol. The molecule has 2 N–H and O–H groups in total. The fraction of sp³-hybridized carbons (Fsp3) is 0.500. The molecule has 0 amide bonds. The zero-order valence-corrected chi connectivity index (χ0v) is 9.32. The van der Waals surface area contributed by atoms with E-state index in [1.807, 2.05) is 20.8 Å². The zero-order valence-electron chi connectivity index (χ0n) is 9.32. The third-order valence-corrected chi connectivity index (χ3v) is 1.47. The third kappa shape index (κ3) is 5.61. The number of aromatic nitrogens is 2. The van der Waals surface area contributed by atoms with Gasteiger partial charge in [-0.15, -0.1) is 0 Å². The van der Waals surface area contributed by atoms with Crippen molar-refractivity contribution in [1.29, 1.82) is 0 Å². The maximum atomic E-state index is 10.2. The molecular formula is C10H17N3O2. The Morgan fingerprint density at radius 1 is 1.53 bits per heavy atom. The van der Waals surface area contributed by atoms with Gasteiger partial charge in [0.2, 0.25) is 5.95 Å². The van der Waals surface area contributed by atoms with Gasteiger partial charge in [0, 0.05) is 11.9 Å². The molecule has 0 aromatic carbocycles. The Kier molecular flexibility index (Phi) is 6.88. The van der Waals surface area contributed by atoms with E-state index in [2.05, 4.69) is 15.3 Å². The number of nitrogens with one attached hydrogen (secondary N) is 1. The van der Waals surface area contributed by atoms with E-state index in [-0.39, 0.29) is 6.54 Å². The van der Waals surface area contributed by atoms with Crippen LogP contribution in [0.4, 0.5) is 5.95 Å². The van der Waals surface area contributed by atoms with Gasteiger partial charge < -0.3 is 10.4 Å². The first-order chi connectivity index (χ1) is 7.22. The van der Waals surface area contributed by atoms with Gasteiger partial charge >= 0.3 is 5.97 Å². The molecule has 0 aliphatic rings. The lowest BCUT2D eigenvalue weighted by Crippen LogP contribution is -2.14. The van der Waals surface area contributed by atoms with Gasteiger partial charge in [-0.2, -0.15) is 0 Å². The van der Waals surface area contributed by atoms with Crippen molar-refractivity contribution in [2.45, 2.75) is 27.2 Å². The molecule has 0 radical (unpaired) electrons. The van der Waals surface area contributed by atoms with E-state index in [4.69, 9.17) is 5.11 Å². The largest absolute Gasteiger partial charge is 0.480 e. The minimum atomic E-state index is -0.925. The molecule has 0 aliphatic heterocycles. The molecule has 0 aliphatic carbocycles. The molecule has 84 valence electrons. The van der Waals surface area contributed by atoms with Gasteiger partial charge in [-0.1, -0.05) is 20.8 Å². The first-order valence-corrected chi connectivity index (χ1v) is 5.00. The Hall–Kier alpha value is -1.65. The van der Waals surface area contributed by atoms with Crippen LogP contribution >= 0.6 is 0 Å². The Labute approximate surface area is 89.6 Å². The highest BCUT2D eigenvalue weighted by Gasteiger charge is 1.99. The molecule has 5 nitrogen and oxygen atoms in total. The highest BCUT2D eigenvalue weighted by atomic mass is 16.4. The minimum absolute atomic E-state index is 0.160. The number of carboxylic acids is 1. The Morgan fingerprint density at radius 3 is 2.73 bits per heavy atom. The van der Waals surface area contributed by atoms with Crippen LogP contribution in [0, 0.1) is 0 Å². The molecule has 15 heavy (non-hydrogen) atoms. The fourth-order valence-electron chi connectivity index (χ4n) is 0.833. The number of hydrogen-bond acceptors (Lipinski definition) is 4. The summed E-state index contributed by atoms with van der Waals surface area (Å²) in [6.45, 7) is 5.82. The van der Waals surface area contributed by atoms with Crippen molar-refractivity contribution in [3.63, 3.8) is 0 Å². The van der Waals surface area contributed by atoms with Crippen molar-refractivity contribution < 1.29 is 9.90 Å². The maximum Gasteiger partial charge on any atom is 0.322 e. The van der Waals surface area contributed by atoms with Gasteiger partial charge in [-0.3, -0.25) is 4.79 Å². The van der Waals surface area contributed by atoms with Gasteiger partial charge in [-0.25, -0.2) is 9.97 Å². The maximum absolute atomic E-state index is 10.2. The van der Waals surface area contributed by atoms with Crippen LogP contribution in [0.2, 0.25) is 0 Å². The lowest BCUT2D eigenvalue weighted by Gasteiger charge is -2.01. The summed E-state index contributed by atoms with van der Waals surface area (Å²) < 4.78 is 0. The van der Waals surface area contributed by atoms with Crippen molar-refractivity contribution >= 4 is 11.9 Å². The van der Waals surface area contributed by atoms with Gasteiger partial charge in [0.25, 0.3) is 0 Å². The zero-order chi connectivity index (χ0) is 11.7. The predicted octanol–water partition coefficient (Wildman–Crippen LogP) is 1.56. The third-order valence-electron chi connectivity index (χ3n) is 1.47. The monoisotopic (exact) mass is 211 g/mol. The van der Waals surface area contributed by atoms with Crippen molar-refractivity contribution in [3.05, 3.63) is 18.0 Å². The Morgan fingerprint density at radius 2 is 2.20 bits per heavy atom. The number of hydrogen-bond donors (Lipinski definition) is 2. The van der Waals surface area contributed by atoms with E-state index in [0.717, 1.165) is 12.1 Å². The highest BCUT2D eigenvalue weighted by Crippen LogP contribution is 1.99. The minimum Gasteiger partial charge on any atom is -0.480 e. The van der Waals surface area contributed by atoms with Gasteiger partial charge in [0.15, 0.2) is 0 Å². The fourth-order valence-corrected chi connectivity index (χ4v) is 0.833. The molecule has 1 aromatic heterocycles. The van der Waals surface area contributed by atoms with Crippen molar-refractivity contribution in [2.75, 3.05) is 11.9 Å². The lowest BCUT2D eigenvalue weighted by atomic mass is 10.3. The van der Waals surface area contributed by atoms with E-state index >= 15 is 0 Å². The number of aliphatic carboxylic acids is 1. The number of aryl methyl sites for hydroxylation is 1. The second kappa shape index (κ2) is 7.73. The average Bonchev–Trinajstić information content (AvgIpc) is 2.29. The van der Waals surface area contributed by atoms with E-state index in [1.54, 1.807) is 12.3 Å². The number of carbonyl (C=O) groups is 1. The summed E-state index contributed by atoms with van der Waals surface area (Å²) in [5.41, 5.74) is 0.892. The van der Waals surface area contributed by atoms with Crippen LogP contribution in [0.5, 0.6) is 0 Å². The molecule has 1 aromatic rings. The van der Waals surface area contributed by atoms with Gasteiger partial charge in [-0.05, 0) is 12.5 Å². The molecule has 0 saturated heterocycles. The van der Waals surface area contributed by atoms with Crippen molar-refractivity contribution in [3.8, 4) is 0 Å². The van der Waals surface area contributed by atoms with E-state index < -0.39 is 5.97 Å². The summed E-state index contributed by atoms with van der Waals surface area (Å²) in [5.74, 6) is -0.563. The van der Waals surface area contributed by atoms with Crippen molar-refractivity contribution in [1.82, 2.24) is 9.97 Å². The average molecular weight is 211 g/mol. The smallest absolute Gasteiger partial charge is 0.322 e. The summed E-state index contributed by atoms with van der Waals surface area (Å²) >= 11 is 0. The molecule has 5 heteroatoms. The van der Waals surface area contributed by atoms with E-state index in [0.29, 0.717) is 5.95 Å². The normalized spacial score (nSPS) is 8.73. The molecule has 0 unspecified atom stereocenters. The number of carboxylic acid groups (broad SMARTS) is 1. The summed E-state index contributed by atoms with van der Waals surface area (Å²) in [7, 11) is 0. The number of rotatable bonds is 4. The Bertz CT molecular complexity index is 302. The van der Waals surface area contributed by atoms with Crippen LogP contribution < -0.4 is 5.32 Å². The second-order valence-electron chi connectivity index (χ2n) is 2.47. The first-order valence-electron chi connectivity index (χ1n) is 5.00. The molecule has 0 saturated carbocycles. The van der Waals surface area contributed by atoms with Crippen LogP contribution in [0.15, 0.2) is 12.3 Å². The van der Waals surface area contributed by atoms with Crippen LogP contribution in [-0.2, 0) is 11.2 Å². The Balaban J connectivity index is 0.000000921. The van der Waals surface area contributed by atoms with Crippen LogP contribution in [0.1, 0.15) is 26.5 Å². The SMILES string of the molecule is CC.CCc1ccnc(NCC(=O)O)n1.